The Morgan fingerprint density at radius 1 is 1.50 bits per heavy atom. The molecule has 0 aliphatic carbocycles. The van der Waals surface area contributed by atoms with Gasteiger partial charge in [-0.2, -0.15) is 5.26 Å². The van der Waals surface area contributed by atoms with Crippen LogP contribution in [-0.2, 0) is 6.42 Å². The monoisotopic (exact) mass is 322 g/mol. The van der Waals surface area contributed by atoms with Crippen LogP contribution < -0.4 is 4.74 Å². The summed E-state index contributed by atoms with van der Waals surface area (Å²) < 4.78 is 6.50. The van der Waals surface area contributed by atoms with Crippen LogP contribution in [0.3, 0.4) is 0 Å². The van der Waals surface area contributed by atoms with Gasteiger partial charge in [-0.05, 0) is 41.1 Å². The van der Waals surface area contributed by atoms with Crippen molar-refractivity contribution in [1.29, 1.82) is 5.26 Å². The molecule has 3 nitrogen and oxygen atoms in total. The average molecular weight is 323 g/mol. The topological polar surface area (TPSA) is 45.9 Å². The first-order valence-corrected chi connectivity index (χ1v) is 7.09. The fourth-order valence-electron chi connectivity index (χ4n) is 1.51. The first kappa shape index (κ1) is 13.1. The second-order valence-corrected chi connectivity index (χ2v) is 5.51. The lowest BCUT2D eigenvalue weighted by Crippen LogP contribution is -2.01. The van der Waals surface area contributed by atoms with E-state index in [2.05, 4.69) is 27.0 Å². The Kier molecular flexibility index (Phi) is 4.34. The number of ether oxygens (including phenoxy) is 1. The molecule has 0 atom stereocenters. The molecule has 0 unspecified atom stereocenters. The zero-order valence-electron chi connectivity index (χ0n) is 9.81. The van der Waals surface area contributed by atoms with Crippen LogP contribution in [-0.4, -0.2) is 11.6 Å². The fraction of sp³-hybridized carbons (Fsp3) is 0.231. The number of rotatable bonds is 4. The van der Waals surface area contributed by atoms with E-state index in [0.29, 0.717) is 12.2 Å². The van der Waals surface area contributed by atoms with Crippen LogP contribution in [0.5, 0.6) is 5.75 Å². The number of aryl methyl sites for hydroxylation is 1. The van der Waals surface area contributed by atoms with Crippen LogP contribution in [0.4, 0.5) is 0 Å². The number of aromatic nitrogens is 1. The molecule has 0 spiro atoms. The first-order chi connectivity index (χ1) is 8.70. The number of halogens is 1. The summed E-state index contributed by atoms with van der Waals surface area (Å²) in [4.78, 5) is 5.45. The molecular weight excluding hydrogens is 312 g/mol. The summed E-state index contributed by atoms with van der Waals surface area (Å²) in [5, 5.41) is 8.77. The van der Waals surface area contributed by atoms with Crippen molar-refractivity contribution in [2.45, 2.75) is 13.3 Å². The maximum atomic E-state index is 8.77. The predicted octanol–water partition coefficient (Wildman–Crippen LogP) is 3.71. The summed E-state index contributed by atoms with van der Waals surface area (Å²) in [6, 6.07) is 7.40. The van der Waals surface area contributed by atoms with E-state index in [4.69, 9.17) is 10.00 Å². The summed E-state index contributed by atoms with van der Waals surface area (Å²) in [6.07, 6.45) is 0.850. The summed E-state index contributed by atoms with van der Waals surface area (Å²) >= 11 is 5.04. The van der Waals surface area contributed by atoms with Crippen LogP contribution >= 0.6 is 27.3 Å². The van der Waals surface area contributed by atoms with E-state index >= 15 is 0 Å². The predicted molar refractivity (Wildman–Crippen MR) is 74.9 cm³/mol. The molecule has 1 aromatic heterocycles. The van der Waals surface area contributed by atoms with Gasteiger partial charge in [0.2, 0.25) is 0 Å². The van der Waals surface area contributed by atoms with Gasteiger partial charge in [0.25, 0.3) is 0 Å². The second kappa shape index (κ2) is 5.98. The molecule has 1 heterocycles. The Morgan fingerprint density at radius 3 is 2.94 bits per heavy atom. The largest absolute Gasteiger partial charge is 0.492 e. The standard InChI is InChI=1S/C13H11BrN2OS/c1-9-13(18-8-16-9)4-5-17-12-3-2-10(7-15)6-11(12)14/h2-3,6,8H,4-5H2,1H3. The Morgan fingerprint density at radius 2 is 2.33 bits per heavy atom. The van der Waals surface area contributed by atoms with Crippen LogP contribution in [0, 0.1) is 18.3 Å². The highest BCUT2D eigenvalue weighted by molar-refractivity contribution is 9.10. The molecule has 0 fully saturated rings. The lowest BCUT2D eigenvalue weighted by atomic mass is 10.2. The van der Waals surface area contributed by atoms with Gasteiger partial charge in [-0.25, -0.2) is 4.98 Å². The van der Waals surface area contributed by atoms with Gasteiger partial charge >= 0.3 is 0 Å². The molecule has 18 heavy (non-hydrogen) atoms. The molecule has 0 radical (unpaired) electrons. The highest BCUT2D eigenvalue weighted by atomic mass is 79.9. The number of hydrogen-bond acceptors (Lipinski definition) is 4. The molecule has 0 aliphatic heterocycles. The van der Waals surface area contributed by atoms with Gasteiger partial charge in [0.15, 0.2) is 0 Å². The average Bonchev–Trinajstić information content (AvgIpc) is 2.77. The molecule has 0 bridgehead atoms. The Bertz CT molecular complexity index is 589. The third kappa shape index (κ3) is 3.09. The van der Waals surface area contributed by atoms with E-state index in [1.165, 1.54) is 4.88 Å². The van der Waals surface area contributed by atoms with Gasteiger partial charge in [0, 0.05) is 11.3 Å². The minimum atomic E-state index is 0.605. The maximum Gasteiger partial charge on any atom is 0.133 e. The van der Waals surface area contributed by atoms with Crippen LogP contribution in [0.15, 0.2) is 28.2 Å². The molecule has 0 amide bonds. The van der Waals surface area contributed by atoms with Crippen molar-refractivity contribution in [3.63, 3.8) is 0 Å². The van der Waals surface area contributed by atoms with Crippen molar-refractivity contribution >= 4 is 27.3 Å². The van der Waals surface area contributed by atoms with Crippen molar-refractivity contribution in [2.75, 3.05) is 6.61 Å². The molecule has 0 N–H and O–H groups in total. The smallest absolute Gasteiger partial charge is 0.133 e. The Labute approximate surface area is 118 Å². The van der Waals surface area contributed by atoms with Gasteiger partial charge in [0.1, 0.15) is 5.75 Å². The normalized spacial score (nSPS) is 10.1. The lowest BCUT2D eigenvalue weighted by molar-refractivity contribution is 0.320. The van der Waals surface area contributed by atoms with E-state index in [-0.39, 0.29) is 0 Å². The van der Waals surface area contributed by atoms with Crippen LogP contribution in [0.2, 0.25) is 0 Å². The van der Waals surface area contributed by atoms with Crippen molar-refractivity contribution in [3.8, 4) is 11.8 Å². The lowest BCUT2D eigenvalue weighted by Gasteiger charge is -2.07. The number of hydrogen-bond donors (Lipinski definition) is 0. The van der Waals surface area contributed by atoms with Crippen molar-refractivity contribution in [1.82, 2.24) is 4.98 Å². The van der Waals surface area contributed by atoms with Crippen molar-refractivity contribution in [3.05, 3.63) is 44.3 Å². The molecule has 2 aromatic rings. The van der Waals surface area contributed by atoms with Gasteiger partial charge in [-0.15, -0.1) is 11.3 Å². The third-order valence-corrected chi connectivity index (χ3v) is 4.11. The highest BCUT2D eigenvalue weighted by Crippen LogP contribution is 2.26. The maximum absolute atomic E-state index is 8.77. The van der Waals surface area contributed by atoms with E-state index in [1.54, 1.807) is 23.5 Å². The SMILES string of the molecule is Cc1ncsc1CCOc1ccc(C#N)cc1Br. The van der Waals surface area contributed by atoms with Crippen LogP contribution in [0.1, 0.15) is 16.1 Å². The second-order valence-electron chi connectivity index (χ2n) is 3.72. The molecule has 5 heteroatoms. The Hall–Kier alpha value is -1.38. The minimum absolute atomic E-state index is 0.605. The summed E-state index contributed by atoms with van der Waals surface area (Å²) in [7, 11) is 0. The molecular formula is C13H11BrN2OS. The van der Waals surface area contributed by atoms with Gasteiger partial charge in [-0.3, -0.25) is 0 Å². The van der Waals surface area contributed by atoms with Gasteiger partial charge in [-0.1, -0.05) is 0 Å². The van der Waals surface area contributed by atoms with E-state index in [9.17, 15) is 0 Å². The minimum Gasteiger partial charge on any atom is -0.492 e. The molecule has 0 saturated carbocycles. The quantitative estimate of drug-likeness (QED) is 0.862. The molecule has 0 saturated heterocycles. The highest BCUT2D eigenvalue weighted by Gasteiger charge is 2.05. The fourth-order valence-corrected chi connectivity index (χ4v) is 2.76. The first-order valence-electron chi connectivity index (χ1n) is 5.42. The zero-order valence-corrected chi connectivity index (χ0v) is 12.2. The number of nitriles is 1. The Balaban J connectivity index is 1.95. The van der Waals surface area contributed by atoms with E-state index in [1.807, 2.05) is 18.5 Å². The van der Waals surface area contributed by atoms with Gasteiger partial charge in [0.05, 0.1) is 33.9 Å². The number of nitrogens with zero attached hydrogens (tertiary/aromatic N) is 2. The van der Waals surface area contributed by atoms with E-state index in [0.717, 1.165) is 22.3 Å². The summed E-state index contributed by atoms with van der Waals surface area (Å²) in [6.45, 7) is 2.61. The zero-order chi connectivity index (χ0) is 13.0. The van der Waals surface area contributed by atoms with Crippen LogP contribution in [0.25, 0.3) is 0 Å². The van der Waals surface area contributed by atoms with Crippen molar-refractivity contribution < 1.29 is 4.74 Å². The van der Waals surface area contributed by atoms with E-state index < -0.39 is 0 Å². The number of thiazole rings is 1. The molecule has 0 aliphatic rings. The number of benzene rings is 1. The third-order valence-electron chi connectivity index (χ3n) is 2.49. The molecule has 1 aromatic carbocycles. The molecule has 2 rings (SSSR count). The summed E-state index contributed by atoms with van der Waals surface area (Å²) in [5.41, 5.74) is 3.54. The summed E-state index contributed by atoms with van der Waals surface area (Å²) in [5.74, 6) is 0.760. The van der Waals surface area contributed by atoms with Crippen molar-refractivity contribution in [2.24, 2.45) is 0 Å². The molecule has 92 valence electrons. The van der Waals surface area contributed by atoms with Gasteiger partial charge < -0.3 is 4.74 Å².